The van der Waals surface area contributed by atoms with Crippen molar-refractivity contribution in [2.24, 2.45) is 0 Å². The average molecular weight is 410 g/mol. The fourth-order valence-electron chi connectivity index (χ4n) is 2.90. The van der Waals surface area contributed by atoms with E-state index in [0.29, 0.717) is 17.7 Å². The first-order chi connectivity index (χ1) is 12.7. The summed E-state index contributed by atoms with van der Waals surface area (Å²) >= 11 is 3.49. The van der Waals surface area contributed by atoms with E-state index in [-0.39, 0.29) is 0 Å². The molecule has 3 heterocycles. The Balaban J connectivity index is 1.38. The number of hydrogen-bond acceptors (Lipinski definition) is 5. The zero-order chi connectivity index (χ0) is 17.5. The van der Waals surface area contributed by atoms with Crippen LogP contribution >= 0.6 is 15.9 Å². The van der Waals surface area contributed by atoms with Gasteiger partial charge in [0.2, 0.25) is 5.95 Å². The molecule has 0 amide bonds. The van der Waals surface area contributed by atoms with Gasteiger partial charge in [-0.1, -0.05) is 0 Å². The summed E-state index contributed by atoms with van der Waals surface area (Å²) in [5.41, 5.74) is 3.21. The molecule has 0 radical (unpaired) electrons. The van der Waals surface area contributed by atoms with E-state index in [1.54, 1.807) is 6.20 Å². The van der Waals surface area contributed by atoms with E-state index in [4.69, 9.17) is 0 Å². The first-order valence-corrected chi connectivity index (χ1v) is 9.23. The van der Waals surface area contributed by atoms with Gasteiger partial charge in [-0.2, -0.15) is 10.1 Å². The molecule has 1 aliphatic carbocycles. The van der Waals surface area contributed by atoms with Crippen molar-refractivity contribution in [2.45, 2.75) is 18.8 Å². The van der Waals surface area contributed by atoms with E-state index in [0.717, 1.165) is 26.9 Å². The van der Waals surface area contributed by atoms with Gasteiger partial charge in [0, 0.05) is 46.7 Å². The van der Waals surface area contributed by atoms with Crippen LogP contribution in [0.4, 0.5) is 23.3 Å². The molecule has 4 N–H and O–H groups in total. The molecule has 4 aromatic rings. The normalized spacial score (nSPS) is 13.9. The van der Waals surface area contributed by atoms with Crippen LogP contribution in [0, 0.1) is 0 Å². The maximum atomic E-state index is 4.56. The van der Waals surface area contributed by atoms with E-state index in [9.17, 15) is 0 Å². The number of nitrogens with one attached hydrogen (secondary N) is 4. The van der Waals surface area contributed by atoms with Crippen LogP contribution in [0.2, 0.25) is 0 Å². The maximum Gasteiger partial charge on any atom is 0.229 e. The molecule has 1 aliphatic rings. The predicted octanol–water partition coefficient (Wildman–Crippen LogP) is 4.81. The number of aromatic amines is 2. The standard InChI is InChI=1S/C18H16BrN7/c19-13-9-21-18(22-12-3-4-14-11(7-12)5-6-20-14)24-17(13)23-16-8-15(25-26-16)10-1-2-10/h3-10,20H,1-2H2,(H3,21,22,23,24,25,26). The molecule has 7 nitrogen and oxygen atoms in total. The zero-order valence-corrected chi connectivity index (χ0v) is 15.3. The van der Waals surface area contributed by atoms with Gasteiger partial charge in [0.05, 0.1) is 4.47 Å². The van der Waals surface area contributed by atoms with Crippen LogP contribution < -0.4 is 10.6 Å². The second kappa shape index (κ2) is 6.14. The molecule has 0 saturated heterocycles. The highest BCUT2D eigenvalue weighted by Crippen LogP contribution is 2.39. The van der Waals surface area contributed by atoms with Crippen molar-refractivity contribution < 1.29 is 0 Å². The predicted molar refractivity (Wildman–Crippen MR) is 105 cm³/mol. The summed E-state index contributed by atoms with van der Waals surface area (Å²) in [5, 5.41) is 15.0. The van der Waals surface area contributed by atoms with Gasteiger partial charge in [-0.15, -0.1) is 0 Å². The van der Waals surface area contributed by atoms with Gasteiger partial charge < -0.3 is 15.6 Å². The van der Waals surface area contributed by atoms with Gasteiger partial charge in [-0.3, -0.25) is 5.10 Å². The van der Waals surface area contributed by atoms with Gasteiger partial charge in [0.1, 0.15) is 0 Å². The van der Waals surface area contributed by atoms with E-state index >= 15 is 0 Å². The maximum absolute atomic E-state index is 4.56. The van der Waals surface area contributed by atoms with Crippen LogP contribution in [0.3, 0.4) is 0 Å². The molecule has 0 aliphatic heterocycles. The van der Waals surface area contributed by atoms with Crippen LogP contribution in [0.1, 0.15) is 24.5 Å². The minimum atomic E-state index is 0.517. The topological polar surface area (TPSA) is 94.3 Å². The van der Waals surface area contributed by atoms with Crippen LogP contribution in [-0.4, -0.2) is 25.1 Å². The van der Waals surface area contributed by atoms with Gasteiger partial charge in [-0.25, -0.2) is 4.98 Å². The van der Waals surface area contributed by atoms with Gasteiger partial charge in [-0.05, 0) is 53.0 Å². The summed E-state index contributed by atoms with van der Waals surface area (Å²) in [7, 11) is 0. The molecule has 1 saturated carbocycles. The van der Waals surface area contributed by atoms with Gasteiger partial charge >= 0.3 is 0 Å². The summed E-state index contributed by atoms with van der Waals surface area (Å²) in [4.78, 5) is 12.1. The molecule has 0 unspecified atom stereocenters. The first-order valence-electron chi connectivity index (χ1n) is 8.44. The van der Waals surface area contributed by atoms with E-state index < -0.39 is 0 Å². The Bertz CT molecular complexity index is 1080. The van der Waals surface area contributed by atoms with Gasteiger partial charge in [0.25, 0.3) is 0 Å². The highest BCUT2D eigenvalue weighted by atomic mass is 79.9. The van der Waals surface area contributed by atoms with E-state index in [1.165, 1.54) is 18.5 Å². The lowest BCUT2D eigenvalue weighted by molar-refractivity contribution is 0.966. The van der Waals surface area contributed by atoms with Crippen LogP contribution in [0.25, 0.3) is 10.9 Å². The minimum Gasteiger partial charge on any atom is -0.361 e. The highest BCUT2D eigenvalue weighted by molar-refractivity contribution is 9.10. The Kier molecular flexibility index (Phi) is 3.63. The van der Waals surface area contributed by atoms with Crippen LogP contribution in [0.5, 0.6) is 0 Å². The third kappa shape index (κ3) is 3.03. The largest absolute Gasteiger partial charge is 0.361 e. The molecule has 1 aromatic carbocycles. The molecule has 5 rings (SSSR count). The lowest BCUT2D eigenvalue weighted by atomic mass is 10.2. The number of benzene rings is 1. The molecule has 1 fully saturated rings. The van der Waals surface area contributed by atoms with Crippen molar-refractivity contribution in [3.8, 4) is 0 Å². The molecule has 0 spiro atoms. The number of H-pyrrole nitrogens is 2. The third-order valence-corrected chi connectivity index (χ3v) is 5.00. The highest BCUT2D eigenvalue weighted by Gasteiger charge is 2.25. The molecule has 0 atom stereocenters. The number of anilines is 4. The van der Waals surface area contributed by atoms with Crippen molar-refractivity contribution in [1.29, 1.82) is 0 Å². The van der Waals surface area contributed by atoms with Crippen LogP contribution in [0.15, 0.2) is 47.2 Å². The Morgan fingerprint density at radius 2 is 2.04 bits per heavy atom. The smallest absolute Gasteiger partial charge is 0.229 e. The summed E-state index contributed by atoms with van der Waals surface area (Å²) in [6.07, 6.45) is 6.12. The van der Waals surface area contributed by atoms with E-state index in [1.807, 2.05) is 30.5 Å². The quantitative estimate of drug-likeness (QED) is 0.379. The number of nitrogens with zero attached hydrogens (tertiary/aromatic N) is 3. The molecule has 3 aromatic heterocycles. The summed E-state index contributed by atoms with van der Waals surface area (Å²) in [6.45, 7) is 0. The number of fused-ring (bicyclic) bond motifs is 1. The molecule has 130 valence electrons. The fraction of sp³-hybridized carbons (Fsp3) is 0.167. The van der Waals surface area contributed by atoms with Crippen molar-refractivity contribution in [3.05, 3.63) is 52.9 Å². The first kappa shape index (κ1) is 15.4. The number of hydrogen-bond donors (Lipinski definition) is 4. The Morgan fingerprint density at radius 1 is 1.12 bits per heavy atom. The Morgan fingerprint density at radius 3 is 2.92 bits per heavy atom. The number of halogens is 1. The van der Waals surface area contributed by atoms with E-state index in [2.05, 4.69) is 57.8 Å². The summed E-state index contributed by atoms with van der Waals surface area (Å²) in [5.74, 6) is 2.57. The molecular formula is C18H16BrN7. The second-order valence-electron chi connectivity index (χ2n) is 6.40. The molecule has 26 heavy (non-hydrogen) atoms. The zero-order valence-electron chi connectivity index (χ0n) is 13.8. The van der Waals surface area contributed by atoms with Gasteiger partial charge in [0.15, 0.2) is 11.6 Å². The minimum absolute atomic E-state index is 0.517. The molecular weight excluding hydrogens is 394 g/mol. The lowest BCUT2D eigenvalue weighted by Gasteiger charge is -2.09. The number of rotatable bonds is 5. The summed E-state index contributed by atoms with van der Waals surface area (Å²) in [6, 6.07) is 10.1. The average Bonchev–Trinajstić information content (AvgIpc) is 3.21. The van der Waals surface area contributed by atoms with Crippen LogP contribution in [-0.2, 0) is 0 Å². The lowest BCUT2D eigenvalue weighted by Crippen LogP contribution is -2.01. The Labute approximate surface area is 157 Å². The SMILES string of the molecule is Brc1cnc(Nc2ccc3[nH]ccc3c2)nc1Nc1cc(C2CC2)[nH]n1. The third-order valence-electron chi connectivity index (χ3n) is 4.41. The monoisotopic (exact) mass is 409 g/mol. The fourth-order valence-corrected chi connectivity index (χ4v) is 3.19. The van der Waals surface area contributed by atoms with Crippen molar-refractivity contribution in [2.75, 3.05) is 10.6 Å². The number of aromatic nitrogens is 5. The van der Waals surface area contributed by atoms with Crippen molar-refractivity contribution >= 4 is 50.1 Å². The van der Waals surface area contributed by atoms with Crippen molar-refractivity contribution in [3.63, 3.8) is 0 Å². The summed E-state index contributed by atoms with van der Waals surface area (Å²) < 4.78 is 0.778. The second-order valence-corrected chi connectivity index (χ2v) is 7.26. The molecule has 8 heteroatoms. The molecule has 0 bridgehead atoms. The van der Waals surface area contributed by atoms with Crippen molar-refractivity contribution in [1.82, 2.24) is 25.1 Å². The Hall–Kier alpha value is -2.87.